The molecule has 1 heterocycles. The van der Waals surface area contributed by atoms with E-state index in [1.54, 1.807) is 39.8 Å². The zero-order valence-electron chi connectivity index (χ0n) is 42.4. The molecule has 0 aliphatic heterocycles. The van der Waals surface area contributed by atoms with Crippen LogP contribution in [-0.2, 0) is 6.42 Å². The largest absolute Gasteiger partial charge is 0.507 e. The topological polar surface area (TPSA) is 226 Å². The highest BCUT2D eigenvalue weighted by Crippen LogP contribution is 2.54. The molecular formula is C59H62O12. The first-order valence-electron chi connectivity index (χ1n) is 23.8. The number of aryl methyl sites for hydroxylation is 4. The van der Waals surface area contributed by atoms with Gasteiger partial charge in [-0.2, -0.15) is 0 Å². The number of phenols is 8. The zero-order valence-corrected chi connectivity index (χ0v) is 42.4. The Bertz CT molecular complexity index is 3480. The summed E-state index contributed by atoms with van der Waals surface area (Å²) >= 11 is 0. The summed E-state index contributed by atoms with van der Waals surface area (Å²) in [4.78, 5) is 37.8. The molecule has 0 aliphatic rings. The average Bonchev–Trinajstić information content (AvgIpc) is 3.29. The molecule has 8 aromatic rings. The van der Waals surface area contributed by atoms with Gasteiger partial charge in [0.25, 0.3) is 0 Å². The first-order chi connectivity index (χ1) is 33.3. The lowest BCUT2D eigenvalue weighted by Crippen LogP contribution is -2.10. The molecule has 0 radical (unpaired) electrons. The Balaban J connectivity index is 0.000000211. The maximum Gasteiger partial charge on any atom is 0.204 e. The summed E-state index contributed by atoms with van der Waals surface area (Å²) in [7, 11) is 0. The number of rotatable bonds is 9. The van der Waals surface area contributed by atoms with Gasteiger partial charge in [0.2, 0.25) is 11.2 Å². The molecule has 0 bridgehead atoms. The highest BCUT2D eigenvalue weighted by molar-refractivity contribution is 6.14. The van der Waals surface area contributed by atoms with Crippen molar-refractivity contribution in [3.05, 3.63) is 114 Å². The summed E-state index contributed by atoms with van der Waals surface area (Å²) in [5.41, 5.74) is 6.26. The van der Waals surface area contributed by atoms with Gasteiger partial charge in [-0.15, -0.1) is 0 Å². The third kappa shape index (κ3) is 8.18. The van der Waals surface area contributed by atoms with Crippen LogP contribution in [0.2, 0.25) is 0 Å². The summed E-state index contributed by atoms with van der Waals surface area (Å²) in [5.74, 6) is -2.93. The van der Waals surface area contributed by atoms with Crippen molar-refractivity contribution in [2.24, 2.45) is 5.92 Å². The average molecular weight is 963 g/mol. The molecule has 0 saturated heterocycles. The fourth-order valence-electron chi connectivity index (χ4n) is 10.6. The Morgan fingerprint density at radius 1 is 0.493 bits per heavy atom. The van der Waals surface area contributed by atoms with Gasteiger partial charge in [-0.3, -0.25) is 14.4 Å². The third-order valence-corrected chi connectivity index (χ3v) is 13.8. The van der Waals surface area contributed by atoms with E-state index >= 15 is 0 Å². The Kier molecular flexibility index (Phi) is 13.6. The van der Waals surface area contributed by atoms with E-state index in [0.717, 1.165) is 10.8 Å². The Hall–Kier alpha value is -7.73. The molecule has 0 aliphatic carbocycles. The highest BCUT2D eigenvalue weighted by Gasteiger charge is 2.30. The van der Waals surface area contributed by atoms with Crippen LogP contribution in [0.5, 0.6) is 46.0 Å². The molecule has 8 N–H and O–H groups in total. The molecule has 0 atom stereocenters. The second-order valence-electron chi connectivity index (χ2n) is 20.1. The summed E-state index contributed by atoms with van der Waals surface area (Å²) < 4.78 is 6.04. The summed E-state index contributed by atoms with van der Waals surface area (Å²) in [5, 5.41) is 90.1. The number of hydrogen-bond acceptors (Lipinski definition) is 12. The van der Waals surface area contributed by atoms with Gasteiger partial charge in [0.15, 0.2) is 35.6 Å². The number of phenolic OH excluding ortho intramolecular Hbond substituents is 8. The van der Waals surface area contributed by atoms with Crippen LogP contribution in [0, 0.1) is 40.5 Å². The first-order valence-corrected chi connectivity index (χ1v) is 23.8. The van der Waals surface area contributed by atoms with Crippen LogP contribution in [-0.4, -0.2) is 53.4 Å². The summed E-state index contributed by atoms with van der Waals surface area (Å²) in [6, 6.07) is 13.5. The van der Waals surface area contributed by atoms with Gasteiger partial charge in [-0.05, 0) is 120 Å². The van der Waals surface area contributed by atoms with Gasteiger partial charge in [0.1, 0.15) is 34.0 Å². The Morgan fingerprint density at radius 2 is 1.01 bits per heavy atom. The molecular weight excluding hydrogens is 901 g/mol. The van der Waals surface area contributed by atoms with E-state index in [0.29, 0.717) is 86.0 Å². The molecule has 0 fully saturated rings. The van der Waals surface area contributed by atoms with E-state index < -0.39 is 34.2 Å². The van der Waals surface area contributed by atoms with E-state index in [-0.39, 0.29) is 79.0 Å². The fourth-order valence-corrected chi connectivity index (χ4v) is 10.6. The van der Waals surface area contributed by atoms with Crippen LogP contribution in [0.25, 0.3) is 65.5 Å². The van der Waals surface area contributed by atoms with Crippen LogP contribution in [0.4, 0.5) is 0 Å². The number of fused-ring (bicyclic) bond motifs is 4. The van der Waals surface area contributed by atoms with Gasteiger partial charge in [-0.1, -0.05) is 91.8 Å². The number of aromatic hydroxyl groups is 8. The predicted octanol–water partition coefficient (Wildman–Crippen LogP) is 13.7. The lowest BCUT2D eigenvalue weighted by molar-refractivity contribution is 0.111. The molecule has 71 heavy (non-hydrogen) atoms. The van der Waals surface area contributed by atoms with Crippen molar-refractivity contribution in [3.8, 4) is 68.2 Å². The van der Waals surface area contributed by atoms with Crippen LogP contribution >= 0.6 is 0 Å². The van der Waals surface area contributed by atoms with E-state index in [1.807, 2.05) is 65.8 Å². The quantitative estimate of drug-likeness (QED) is 0.0499. The van der Waals surface area contributed by atoms with Crippen LogP contribution in [0.1, 0.15) is 144 Å². The number of benzene rings is 7. The van der Waals surface area contributed by atoms with Crippen molar-refractivity contribution in [2.75, 3.05) is 0 Å². The molecule has 7 aromatic carbocycles. The highest BCUT2D eigenvalue weighted by atomic mass is 16.3. The summed E-state index contributed by atoms with van der Waals surface area (Å²) in [6.07, 6.45) is 1.35. The normalized spacial score (nSPS) is 11.8. The van der Waals surface area contributed by atoms with Crippen molar-refractivity contribution in [2.45, 2.75) is 114 Å². The van der Waals surface area contributed by atoms with Gasteiger partial charge >= 0.3 is 0 Å². The molecule has 0 saturated carbocycles. The molecule has 12 heteroatoms. The minimum absolute atomic E-state index is 0.00185. The van der Waals surface area contributed by atoms with Crippen molar-refractivity contribution < 1.29 is 54.9 Å². The minimum Gasteiger partial charge on any atom is -0.507 e. The van der Waals surface area contributed by atoms with E-state index in [9.17, 15) is 55.2 Å². The number of carbonyl (C=O) groups excluding carboxylic acids is 2. The number of carbonyl (C=O) groups is 2. The van der Waals surface area contributed by atoms with Crippen molar-refractivity contribution >= 4 is 55.9 Å². The van der Waals surface area contributed by atoms with Crippen LogP contribution in [0.15, 0.2) is 51.7 Å². The molecule has 1 aromatic heterocycles. The molecule has 0 amide bonds. The van der Waals surface area contributed by atoms with Crippen molar-refractivity contribution in [3.63, 3.8) is 0 Å². The van der Waals surface area contributed by atoms with Gasteiger partial charge < -0.3 is 45.3 Å². The zero-order chi connectivity index (χ0) is 52.6. The van der Waals surface area contributed by atoms with E-state index in [2.05, 4.69) is 26.8 Å². The monoisotopic (exact) mass is 962 g/mol. The molecule has 370 valence electrons. The second-order valence-corrected chi connectivity index (χ2v) is 20.1. The van der Waals surface area contributed by atoms with Crippen molar-refractivity contribution in [1.29, 1.82) is 0 Å². The van der Waals surface area contributed by atoms with Gasteiger partial charge in [0.05, 0.1) is 11.1 Å². The lowest BCUT2D eigenvalue weighted by Gasteiger charge is -2.23. The standard InChI is InChI=1S/C31H32O7.C28H30O5/c1-12(2)21-17-8-14(5)23(29(36)25(17)19(10-32)16(7)27(21)34)24-15(6)9-18-22(13(3)4)31(38)28(35)20(11-33)26(18)30(24)37;1-13(2)11-20-24(29)27(32)26(31)23-25(30)22(16(6)33-28(20)23)18-9-10-19-17(12-18)8-7-15(5)21(19)14(3)4/h8-13,34-38H,1-7H3;7-10,12-14,29,31-32H,11H2,1-6H3. The predicted molar refractivity (Wildman–Crippen MR) is 281 cm³/mol. The molecule has 12 nitrogen and oxygen atoms in total. The summed E-state index contributed by atoms with van der Waals surface area (Å²) in [6.45, 7) is 24.6. The maximum atomic E-state index is 13.6. The SMILES string of the molecule is Cc1cc2c(C(C)C)c(O)c(C)c(C=O)c2c(O)c1-c1c(C)cc2c(C(C)C)c(O)c(O)c(C=O)c2c1O.Cc1ccc2cc(-c3c(C)oc4c(CC(C)C)c(O)c(O)c(O)c4c3=O)ccc2c1C(C)C. The third-order valence-electron chi connectivity index (χ3n) is 13.8. The van der Waals surface area contributed by atoms with E-state index in [1.165, 1.54) is 11.1 Å². The van der Waals surface area contributed by atoms with Gasteiger partial charge in [-0.25, -0.2) is 0 Å². The minimum atomic E-state index is -0.698. The smallest absolute Gasteiger partial charge is 0.204 e. The van der Waals surface area contributed by atoms with Crippen LogP contribution in [0.3, 0.4) is 0 Å². The molecule has 0 spiro atoms. The maximum absolute atomic E-state index is 13.6. The molecule has 0 unspecified atom stereocenters. The lowest BCUT2D eigenvalue weighted by atomic mass is 9.82. The Morgan fingerprint density at radius 3 is 1.52 bits per heavy atom. The number of hydrogen-bond donors (Lipinski definition) is 8. The van der Waals surface area contributed by atoms with Gasteiger partial charge in [0, 0.05) is 49.7 Å². The van der Waals surface area contributed by atoms with Crippen LogP contribution < -0.4 is 5.43 Å². The fraction of sp³-hybridized carbons (Fsp3) is 0.305. The Labute approximate surface area is 411 Å². The van der Waals surface area contributed by atoms with Crippen molar-refractivity contribution in [1.82, 2.24) is 0 Å². The second kappa shape index (κ2) is 18.9. The van der Waals surface area contributed by atoms with E-state index in [4.69, 9.17) is 4.42 Å². The molecule has 8 rings (SSSR count). The first kappa shape index (κ1) is 51.1. The number of aldehydes is 2.